The second kappa shape index (κ2) is 8.76. The number of benzene rings is 2. The van der Waals surface area contributed by atoms with E-state index < -0.39 is 16.7 Å². The summed E-state index contributed by atoms with van der Waals surface area (Å²) in [6, 6.07) is 16.6. The molecule has 0 spiro atoms. The topological polar surface area (TPSA) is 127 Å². The van der Waals surface area contributed by atoms with Crippen LogP contribution in [0.25, 0.3) is 21.0 Å². The van der Waals surface area contributed by atoms with Gasteiger partial charge in [-0.3, -0.25) is 19.7 Å². The Bertz CT molecular complexity index is 1250. The summed E-state index contributed by atoms with van der Waals surface area (Å²) < 4.78 is 6.82. The number of nitro benzene ring substituents is 1. The Morgan fingerprint density at radius 3 is 2.71 bits per heavy atom. The van der Waals surface area contributed by atoms with Crippen LogP contribution in [0.1, 0.15) is 16.1 Å². The van der Waals surface area contributed by atoms with E-state index in [4.69, 9.17) is 4.42 Å². The third kappa shape index (κ3) is 4.75. The van der Waals surface area contributed by atoms with E-state index in [0.717, 1.165) is 21.3 Å². The van der Waals surface area contributed by atoms with Gasteiger partial charge in [-0.2, -0.15) is 0 Å². The van der Waals surface area contributed by atoms with Gasteiger partial charge in [-0.25, -0.2) is 4.98 Å². The predicted octanol–water partition coefficient (Wildman–Crippen LogP) is 3.51. The zero-order valence-electron chi connectivity index (χ0n) is 16.0. The monoisotopic (exact) mass is 436 g/mol. The van der Waals surface area contributed by atoms with Crippen molar-refractivity contribution in [3.05, 3.63) is 82.1 Å². The Labute approximate surface area is 179 Å². The lowest BCUT2D eigenvalue weighted by Crippen LogP contribution is -2.36. The molecule has 0 bridgehead atoms. The number of thiazole rings is 1. The van der Waals surface area contributed by atoms with Crippen molar-refractivity contribution in [2.45, 2.75) is 6.54 Å². The van der Waals surface area contributed by atoms with Crippen LogP contribution in [-0.4, -0.2) is 28.3 Å². The second-order valence-electron chi connectivity index (χ2n) is 6.52. The quantitative estimate of drug-likeness (QED) is 0.337. The van der Waals surface area contributed by atoms with E-state index >= 15 is 0 Å². The molecule has 0 unspecified atom stereocenters. The molecule has 0 aliphatic carbocycles. The van der Waals surface area contributed by atoms with Crippen molar-refractivity contribution >= 4 is 39.1 Å². The first kappa shape index (κ1) is 20.2. The SMILES string of the molecule is O=C(CNC(=O)c1cccc([N+](=O)[O-])c1)NCc1ccc(-c2nc3ccccc3s2)o1. The number of non-ortho nitro benzene ring substituents is 1. The summed E-state index contributed by atoms with van der Waals surface area (Å²) in [6.07, 6.45) is 0. The van der Waals surface area contributed by atoms with Gasteiger partial charge in [0, 0.05) is 17.7 Å². The first-order valence-corrected chi connectivity index (χ1v) is 10.1. The molecule has 0 radical (unpaired) electrons. The summed E-state index contributed by atoms with van der Waals surface area (Å²) in [5.41, 5.74) is 0.806. The van der Waals surface area contributed by atoms with Crippen molar-refractivity contribution in [2.24, 2.45) is 0 Å². The number of fused-ring (bicyclic) bond motifs is 1. The highest BCUT2D eigenvalue weighted by Gasteiger charge is 2.14. The number of para-hydroxylation sites is 1. The minimum atomic E-state index is -0.588. The van der Waals surface area contributed by atoms with E-state index in [1.54, 1.807) is 12.1 Å². The number of amides is 2. The van der Waals surface area contributed by atoms with Crippen LogP contribution in [0, 0.1) is 10.1 Å². The zero-order valence-corrected chi connectivity index (χ0v) is 16.8. The maximum absolute atomic E-state index is 12.1. The van der Waals surface area contributed by atoms with Gasteiger partial charge in [0.05, 0.1) is 28.2 Å². The second-order valence-corrected chi connectivity index (χ2v) is 7.55. The molecule has 0 fully saturated rings. The number of nitrogens with one attached hydrogen (secondary N) is 2. The average Bonchev–Trinajstić information content (AvgIpc) is 3.42. The van der Waals surface area contributed by atoms with Crippen molar-refractivity contribution in [1.82, 2.24) is 15.6 Å². The van der Waals surface area contributed by atoms with Crippen molar-refractivity contribution in [3.63, 3.8) is 0 Å². The van der Waals surface area contributed by atoms with Gasteiger partial charge in [0.25, 0.3) is 11.6 Å². The summed E-state index contributed by atoms with van der Waals surface area (Å²) in [5, 5.41) is 16.6. The van der Waals surface area contributed by atoms with Crippen LogP contribution in [0.15, 0.2) is 65.1 Å². The largest absolute Gasteiger partial charge is 0.457 e. The standard InChI is InChI=1S/C21H16N4O5S/c26-19(12-23-20(27)13-4-3-5-14(10-13)25(28)29)22-11-15-8-9-17(30-15)21-24-16-6-1-2-7-18(16)31-21/h1-10H,11-12H2,(H,22,26)(H,23,27). The van der Waals surface area contributed by atoms with Gasteiger partial charge in [0.15, 0.2) is 10.8 Å². The van der Waals surface area contributed by atoms with Gasteiger partial charge in [0.1, 0.15) is 5.76 Å². The Balaban J connectivity index is 1.30. The minimum Gasteiger partial charge on any atom is -0.457 e. The molecule has 4 rings (SSSR count). The van der Waals surface area contributed by atoms with Crippen LogP contribution in [0.2, 0.25) is 0 Å². The molecule has 2 amide bonds. The lowest BCUT2D eigenvalue weighted by Gasteiger charge is -2.06. The van der Waals surface area contributed by atoms with Crippen LogP contribution < -0.4 is 10.6 Å². The van der Waals surface area contributed by atoms with E-state index in [0.29, 0.717) is 11.5 Å². The number of carbonyl (C=O) groups is 2. The number of aromatic nitrogens is 1. The molecule has 2 N–H and O–H groups in total. The first-order valence-electron chi connectivity index (χ1n) is 9.23. The molecule has 10 heteroatoms. The molecule has 2 aromatic heterocycles. The molecule has 2 aromatic carbocycles. The summed E-state index contributed by atoms with van der Waals surface area (Å²) in [7, 11) is 0. The van der Waals surface area contributed by atoms with Crippen LogP contribution in [0.4, 0.5) is 5.69 Å². The maximum Gasteiger partial charge on any atom is 0.270 e. The van der Waals surface area contributed by atoms with Gasteiger partial charge in [-0.15, -0.1) is 11.3 Å². The zero-order chi connectivity index (χ0) is 21.8. The molecule has 0 atom stereocenters. The molecule has 31 heavy (non-hydrogen) atoms. The van der Waals surface area contributed by atoms with Crippen LogP contribution in [-0.2, 0) is 11.3 Å². The summed E-state index contributed by atoms with van der Waals surface area (Å²) in [4.78, 5) is 38.9. The van der Waals surface area contributed by atoms with Gasteiger partial charge in [0.2, 0.25) is 5.91 Å². The van der Waals surface area contributed by atoms with E-state index in [9.17, 15) is 19.7 Å². The fourth-order valence-corrected chi connectivity index (χ4v) is 3.76. The number of nitro groups is 1. The maximum atomic E-state index is 12.1. The highest BCUT2D eigenvalue weighted by Crippen LogP contribution is 2.31. The lowest BCUT2D eigenvalue weighted by molar-refractivity contribution is -0.384. The fraction of sp³-hybridized carbons (Fsp3) is 0.0952. The fourth-order valence-electron chi connectivity index (χ4n) is 2.84. The molecular formula is C21H16N4O5S. The number of furan rings is 1. The Kier molecular flexibility index (Phi) is 5.72. The molecule has 0 saturated heterocycles. The van der Waals surface area contributed by atoms with Crippen molar-refractivity contribution < 1.29 is 18.9 Å². The number of carbonyl (C=O) groups excluding carboxylic acids is 2. The van der Waals surface area contributed by atoms with E-state index in [1.807, 2.05) is 24.3 Å². The minimum absolute atomic E-state index is 0.105. The lowest BCUT2D eigenvalue weighted by atomic mass is 10.2. The van der Waals surface area contributed by atoms with Crippen molar-refractivity contribution in [1.29, 1.82) is 0 Å². The number of rotatable bonds is 7. The third-order valence-corrected chi connectivity index (χ3v) is 5.41. The van der Waals surface area contributed by atoms with E-state index in [2.05, 4.69) is 15.6 Å². The Morgan fingerprint density at radius 2 is 1.90 bits per heavy atom. The molecule has 156 valence electrons. The molecule has 0 aliphatic heterocycles. The predicted molar refractivity (Wildman–Crippen MR) is 115 cm³/mol. The van der Waals surface area contributed by atoms with Crippen LogP contribution >= 0.6 is 11.3 Å². The molecule has 0 aliphatic rings. The third-order valence-electron chi connectivity index (χ3n) is 4.35. The van der Waals surface area contributed by atoms with Gasteiger partial charge < -0.3 is 15.1 Å². The number of hydrogen-bond acceptors (Lipinski definition) is 7. The smallest absolute Gasteiger partial charge is 0.270 e. The highest BCUT2D eigenvalue weighted by molar-refractivity contribution is 7.21. The normalized spacial score (nSPS) is 10.7. The molecule has 9 nitrogen and oxygen atoms in total. The van der Waals surface area contributed by atoms with E-state index in [1.165, 1.54) is 29.5 Å². The Hall–Kier alpha value is -4.05. The van der Waals surface area contributed by atoms with Gasteiger partial charge in [-0.05, 0) is 30.3 Å². The average molecular weight is 436 g/mol. The summed E-state index contributed by atoms with van der Waals surface area (Å²) >= 11 is 1.52. The molecular weight excluding hydrogens is 420 g/mol. The van der Waals surface area contributed by atoms with Crippen LogP contribution in [0.5, 0.6) is 0 Å². The summed E-state index contributed by atoms with van der Waals surface area (Å²) in [6.45, 7) is -0.122. The molecule has 0 saturated carbocycles. The van der Waals surface area contributed by atoms with Gasteiger partial charge >= 0.3 is 0 Å². The number of hydrogen-bond donors (Lipinski definition) is 2. The van der Waals surface area contributed by atoms with Gasteiger partial charge in [-0.1, -0.05) is 18.2 Å². The Morgan fingerprint density at radius 1 is 1.06 bits per heavy atom. The van der Waals surface area contributed by atoms with E-state index in [-0.39, 0.29) is 24.3 Å². The molecule has 4 aromatic rings. The van der Waals surface area contributed by atoms with Crippen LogP contribution in [0.3, 0.4) is 0 Å². The summed E-state index contributed by atoms with van der Waals surface area (Å²) in [5.74, 6) is 0.170. The first-order chi connectivity index (χ1) is 15.0. The van der Waals surface area contributed by atoms with Crippen molar-refractivity contribution in [2.75, 3.05) is 6.54 Å². The highest BCUT2D eigenvalue weighted by atomic mass is 32.1. The van der Waals surface area contributed by atoms with Crippen molar-refractivity contribution in [3.8, 4) is 10.8 Å². The molecule has 2 heterocycles. The number of nitrogens with zero attached hydrogens (tertiary/aromatic N) is 2.